The van der Waals surface area contributed by atoms with Crippen molar-refractivity contribution in [3.63, 3.8) is 0 Å². The molecule has 1 aromatic carbocycles. The summed E-state index contributed by atoms with van der Waals surface area (Å²) in [5.41, 5.74) is 8.08. The normalized spacial score (nSPS) is 15.3. The van der Waals surface area contributed by atoms with Gasteiger partial charge in [0.2, 0.25) is 11.5 Å². The molecule has 2 N–H and O–H groups in total. The number of rotatable bonds is 2. The number of nitrogens with two attached hydrogens (primary N) is 1. The molecule has 0 amide bonds. The second kappa shape index (κ2) is 6.74. The van der Waals surface area contributed by atoms with Gasteiger partial charge in [0.05, 0.1) is 0 Å². The van der Waals surface area contributed by atoms with Gasteiger partial charge in [0, 0.05) is 6.20 Å². The average Bonchev–Trinajstić information content (AvgIpc) is 2.76. The number of fused-ring (bicyclic) bond motifs is 3. The van der Waals surface area contributed by atoms with Crippen LogP contribution in [0.15, 0.2) is 53.5 Å². The zero-order valence-corrected chi connectivity index (χ0v) is 16.2. The van der Waals surface area contributed by atoms with Crippen molar-refractivity contribution < 1.29 is 14.0 Å². The van der Waals surface area contributed by atoms with Crippen molar-refractivity contribution >= 4 is 22.5 Å². The molecule has 148 valence electrons. The van der Waals surface area contributed by atoms with Gasteiger partial charge in [0.25, 0.3) is 11.2 Å². The SMILES string of the molecule is Cc1ccc2nc3c(cc(C#N)c(N)[n+]3C[C@@H]3COc4ccccc4O3)c(=O)n2c1. The van der Waals surface area contributed by atoms with E-state index in [0.717, 1.165) is 5.56 Å². The number of pyridine rings is 2. The Morgan fingerprint density at radius 1 is 1.30 bits per heavy atom. The molecule has 0 bridgehead atoms. The number of hydrogen-bond acceptors (Lipinski definition) is 6. The second-order valence-electron chi connectivity index (χ2n) is 7.25. The van der Waals surface area contributed by atoms with Gasteiger partial charge in [0.1, 0.15) is 30.2 Å². The lowest BCUT2D eigenvalue weighted by molar-refractivity contribution is -0.665. The minimum absolute atomic E-state index is 0.214. The molecule has 8 nitrogen and oxygen atoms in total. The van der Waals surface area contributed by atoms with E-state index in [-0.39, 0.29) is 29.6 Å². The molecule has 1 aliphatic heterocycles. The summed E-state index contributed by atoms with van der Waals surface area (Å²) in [5, 5.41) is 9.88. The van der Waals surface area contributed by atoms with Crippen LogP contribution in [0.25, 0.3) is 16.7 Å². The number of ether oxygens (including phenoxy) is 2. The van der Waals surface area contributed by atoms with E-state index in [1.807, 2.05) is 37.3 Å². The van der Waals surface area contributed by atoms with Gasteiger partial charge in [-0.15, -0.1) is 0 Å². The molecule has 30 heavy (non-hydrogen) atoms. The fourth-order valence-corrected chi connectivity index (χ4v) is 3.69. The second-order valence-corrected chi connectivity index (χ2v) is 7.25. The largest absolute Gasteiger partial charge is 0.486 e. The molecule has 0 saturated carbocycles. The quantitative estimate of drug-likeness (QED) is 0.406. The maximum Gasteiger partial charge on any atom is 0.278 e. The molecule has 4 aromatic rings. The first-order chi connectivity index (χ1) is 14.5. The maximum atomic E-state index is 13.1. The lowest BCUT2D eigenvalue weighted by Gasteiger charge is -2.26. The predicted octanol–water partition coefficient (Wildman–Crippen LogP) is 1.74. The van der Waals surface area contributed by atoms with Crippen molar-refractivity contribution in [1.82, 2.24) is 9.38 Å². The number of aromatic nitrogens is 3. The fourth-order valence-electron chi connectivity index (χ4n) is 3.69. The van der Waals surface area contributed by atoms with E-state index < -0.39 is 0 Å². The van der Waals surface area contributed by atoms with Crippen LogP contribution in [0.3, 0.4) is 0 Å². The molecular weight excluding hydrogens is 382 g/mol. The highest BCUT2D eigenvalue weighted by Crippen LogP contribution is 2.31. The number of nitrogen functional groups attached to an aromatic ring is 1. The van der Waals surface area contributed by atoms with E-state index in [1.54, 1.807) is 16.8 Å². The van der Waals surface area contributed by atoms with Crippen molar-refractivity contribution in [2.45, 2.75) is 19.6 Å². The highest BCUT2D eigenvalue weighted by atomic mass is 16.6. The predicted molar refractivity (Wildman–Crippen MR) is 109 cm³/mol. The monoisotopic (exact) mass is 400 g/mol. The van der Waals surface area contributed by atoms with Gasteiger partial charge in [-0.05, 0) is 36.8 Å². The van der Waals surface area contributed by atoms with E-state index in [2.05, 4.69) is 11.1 Å². The van der Waals surface area contributed by atoms with Crippen LogP contribution in [0.5, 0.6) is 11.5 Å². The van der Waals surface area contributed by atoms with Crippen molar-refractivity contribution in [3.8, 4) is 17.6 Å². The molecule has 0 spiro atoms. The first-order valence-electron chi connectivity index (χ1n) is 9.49. The molecular formula is C22H18N5O3+. The summed E-state index contributed by atoms with van der Waals surface area (Å²) >= 11 is 0. The van der Waals surface area contributed by atoms with Gasteiger partial charge in [-0.1, -0.05) is 23.2 Å². The van der Waals surface area contributed by atoms with Gasteiger partial charge in [-0.2, -0.15) is 5.26 Å². The van der Waals surface area contributed by atoms with Crippen LogP contribution in [0.4, 0.5) is 5.82 Å². The number of para-hydroxylation sites is 2. The average molecular weight is 400 g/mol. The van der Waals surface area contributed by atoms with Crippen LogP contribution in [0, 0.1) is 18.3 Å². The van der Waals surface area contributed by atoms with E-state index in [1.165, 1.54) is 10.5 Å². The third-order valence-electron chi connectivity index (χ3n) is 5.17. The summed E-state index contributed by atoms with van der Waals surface area (Å²) in [6.45, 7) is 2.49. The lowest BCUT2D eigenvalue weighted by Crippen LogP contribution is -2.49. The molecule has 0 radical (unpaired) electrons. The summed E-state index contributed by atoms with van der Waals surface area (Å²) in [4.78, 5) is 17.8. The Morgan fingerprint density at radius 2 is 2.10 bits per heavy atom. The van der Waals surface area contributed by atoms with E-state index in [0.29, 0.717) is 34.8 Å². The Balaban J connectivity index is 1.68. The van der Waals surface area contributed by atoms with Crippen LogP contribution >= 0.6 is 0 Å². The molecule has 0 fully saturated rings. The highest BCUT2D eigenvalue weighted by molar-refractivity contribution is 5.76. The number of anilines is 1. The van der Waals surface area contributed by atoms with Crippen molar-refractivity contribution in [1.29, 1.82) is 5.26 Å². The molecule has 1 atom stereocenters. The molecule has 1 aliphatic rings. The highest BCUT2D eigenvalue weighted by Gasteiger charge is 2.27. The smallest absolute Gasteiger partial charge is 0.278 e. The van der Waals surface area contributed by atoms with Crippen molar-refractivity contribution in [2.75, 3.05) is 12.3 Å². The summed E-state index contributed by atoms with van der Waals surface area (Å²) in [7, 11) is 0. The molecule has 3 aromatic heterocycles. The minimum atomic E-state index is -0.359. The first-order valence-corrected chi connectivity index (χ1v) is 9.49. The molecule has 0 aliphatic carbocycles. The van der Waals surface area contributed by atoms with Crippen LogP contribution in [0.2, 0.25) is 0 Å². The van der Waals surface area contributed by atoms with Crippen LogP contribution in [-0.4, -0.2) is 22.1 Å². The van der Waals surface area contributed by atoms with Gasteiger partial charge in [0.15, 0.2) is 17.6 Å². The number of hydrogen-bond donors (Lipinski definition) is 1. The zero-order chi connectivity index (χ0) is 20.8. The van der Waals surface area contributed by atoms with Gasteiger partial charge in [-0.25, -0.2) is 4.57 Å². The zero-order valence-electron chi connectivity index (χ0n) is 16.2. The standard InChI is InChI=1S/C22H17N5O3/c1-13-6-7-19-25-21-16(22(28)26(19)10-13)8-14(9-23)20(24)27(21)11-15-12-29-17-4-2-3-5-18(17)30-15/h2-8,10,15,24H,11-12H2,1H3/p+1/t15-/m1/s1. The van der Waals surface area contributed by atoms with Crippen LogP contribution in [0.1, 0.15) is 11.1 Å². The Morgan fingerprint density at radius 3 is 2.90 bits per heavy atom. The van der Waals surface area contributed by atoms with Crippen molar-refractivity contribution in [2.24, 2.45) is 0 Å². The van der Waals surface area contributed by atoms with E-state index in [9.17, 15) is 10.1 Å². The number of nitriles is 1. The summed E-state index contributed by atoms with van der Waals surface area (Å²) in [5.74, 6) is 1.55. The van der Waals surface area contributed by atoms with Gasteiger partial charge >= 0.3 is 0 Å². The Hall–Kier alpha value is -4.12. The Labute approximate surface area is 171 Å². The molecule has 0 saturated heterocycles. The summed E-state index contributed by atoms with van der Waals surface area (Å²) in [6, 6.07) is 14.7. The Kier molecular flexibility index (Phi) is 4.03. The van der Waals surface area contributed by atoms with E-state index in [4.69, 9.17) is 15.2 Å². The number of benzene rings is 1. The molecule has 8 heteroatoms. The molecule has 4 heterocycles. The van der Waals surface area contributed by atoms with Gasteiger partial charge in [-0.3, -0.25) is 9.20 Å². The third-order valence-corrected chi connectivity index (χ3v) is 5.17. The van der Waals surface area contributed by atoms with Crippen LogP contribution in [-0.2, 0) is 6.54 Å². The van der Waals surface area contributed by atoms with Crippen LogP contribution < -0.4 is 25.3 Å². The summed E-state index contributed by atoms with van der Waals surface area (Å²) < 4.78 is 15.0. The minimum Gasteiger partial charge on any atom is -0.486 e. The molecule has 5 rings (SSSR count). The Bertz CT molecular complexity index is 1420. The lowest BCUT2D eigenvalue weighted by atomic mass is 10.2. The first kappa shape index (κ1) is 17.9. The third kappa shape index (κ3) is 2.79. The molecule has 0 unspecified atom stereocenters. The van der Waals surface area contributed by atoms with Crippen molar-refractivity contribution in [3.05, 3.63) is 70.1 Å². The maximum absolute atomic E-state index is 13.1. The summed E-state index contributed by atoms with van der Waals surface area (Å²) in [6.07, 6.45) is 1.37. The fraction of sp³-hybridized carbons (Fsp3) is 0.182. The van der Waals surface area contributed by atoms with E-state index >= 15 is 0 Å². The number of nitrogens with zero attached hydrogens (tertiary/aromatic N) is 4. The topological polar surface area (TPSA) is 107 Å². The van der Waals surface area contributed by atoms with Gasteiger partial charge < -0.3 is 15.2 Å². The number of aryl methyl sites for hydroxylation is 1.